The van der Waals surface area contributed by atoms with E-state index in [9.17, 15) is 17.6 Å². The van der Waals surface area contributed by atoms with Crippen molar-refractivity contribution in [2.24, 2.45) is 0 Å². The largest absolute Gasteiger partial charge is 0.379 e. The van der Waals surface area contributed by atoms with Crippen LogP contribution in [0.25, 0.3) is 0 Å². The first kappa shape index (κ1) is 20.2. The quantitative estimate of drug-likeness (QED) is 0.731. The molecule has 10 heteroatoms. The summed E-state index contributed by atoms with van der Waals surface area (Å²) < 4.78 is 46.7. The van der Waals surface area contributed by atoms with Crippen molar-refractivity contribution in [3.05, 3.63) is 57.3 Å². The molecule has 3 rings (SSSR count). The van der Waals surface area contributed by atoms with E-state index in [-0.39, 0.29) is 47.5 Å². The summed E-state index contributed by atoms with van der Waals surface area (Å²) in [6, 6.07) is 7.93. The first-order valence-corrected chi connectivity index (χ1v) is 10.5. The van der Waals surface area contributed by atoms with Gasteiger partial charge in [0, 0.05) is 17.6 Å². The van der Waals surface area contributed by atoms with Gasteiger partial charge >= 0.3 is 0 Å². The van der Waals surface area contributed by atoms with Crippen molar-refractivity contribution in [2.45, 2.75) is 4.90 Å². The van der Waals surface area contributed by atoms with Crippen molar-refractivity contribution in [1.29, 1.82) is 0 Å². The molecular formula is C17H15BrClFN2O4S. The molecule has 2 aromatic rings. The maximum Gasteiger partial charge on any atom is 0.258 e. The second-order valence-corrected chi connectivity index (χ2v) is 9.00. The van der Waals surface area contributed by atoms with Crippen LogP contribution >= 0.6 is 27.5 Å². The summed E-state index contributed by atoms with van der Waals surface area (Å²) >= 11 is 9.30. The Morgan fingerprint density at radius 1 is 1.19 bits per heavy atom. The summed E-state index contributed by atoms with van der Waals surface area (Å²) in [4.78, 5) is 12.3. The lowest BCUT2D eigenvalue weighted by Crippen LogP contribution is -2.40. The van der Waals surface area contributed by atoms with Crippen molar-refractivity contribution in [2.75, 3.05) is 31.6 Å². The number of nitrogens with zero attached hydrogens (tertiary/aromatic N) is 1. The number of morpholine rings is 1. The second kappa shape index (κ2) is 8.24. The van der Waals surface area contributed by atoms with Gasteiger partial charge in [-0.1, -0.05) is 27.5 Å². The molecule has 0 saturated carbocycles. The van der Waals surface area contributed by atoms with Crippen LogP contribution in [-0.2, 0) is 14.8 Å². The SMILES string of the molecule is O=C(Nc1ccc(Br)cc1Cl)c1cc(S(=O)(=O)N2CCOCC2)ccc1F. The molecule has 1 fully saturated rings. The van der Waals surface area contributed by atoms with E-state index in [0.29, 0.717) is 0 Å². The molecule has 0 spiro atoms. The van der Waals surface area contributed by atoms with Gasteiger partial charge in [-0.2, -0.15) is 4.31 Å². The first-order valence-electron chi connectivity index (χ1n) is 7.93. The first-order chi connectivity index (χ1) is 12.8. The van der Waals surface area contributed by atoms with Crippen molar-refractivity contribution in [3.8, 4) is 0 Å². The van der Waals surface area contributed by atoms with Gasteiger partial charge in [0.25, 0.3) is 5.91 Å². The lowest BCUT2D eigenvalue weighted by Gasteiger charge is -2.26. The van der Waals surface area contributed by atoms with Crippen LogP contribution in [0.15, 0.2) is 45.8 Å². The molecule has 1 N–H and O–H groups in total. The van der Waals surface area contributed by atoms with Gasteiger partial charge in [0.1, 0.15) is 5.82 Å². The predicted octanol–water partition coefficient (Wildman–Crippen LogP) is 3.51. The Hall–Kier alpha value is -1.52. The molecule has 0 aromatic heterocycles. The van der Waals surface area contributed by atoms with Gasteiger partial charge in [0.2, 0.25) is 10.0 Å². The van der Waals surface area contributed by atoms with E-state index in [1.807, 2.05) is 0 Å². The van der Waals surface area contributed by atoms with E-state index in [2.05, 4.69) is 21.2 Å². The molecule has 1 aliphatic heterocycles. The third-order valence-electron chi connectivity index (χ3n) is 3.97. The minimum atomic E-state index is -3.85. The van der Waals surface area contributed by atoms with Crippen molar-refractivity contribution < 1.29 is 22.3 Å². The Balaban J connectivity index is 1.89. The highest BCUT2D eigenvalue weighted by atomic mass is 79.9. The van der Waals surface area contributed by atoms with Crippen LogP contribution in [0, 0.1) is 5.82 Å². The molecule has 6 nitrogen and oxygen atoms in total. The Morgan fingerprint density at radius 2 is 1.89 bits per heavy atom. The van der Waals surface area contributed by atoms with Gasteiger partial charge in [0.05, 0.1) is 34.4 Å². The summed E-state index contributed by atoms with van der Waals surface area (Å²) in [7, 11) is -3.85. The minimum Gasteiger partial charge on any atom is -0.379 e. The fourth-order valence-electron chi connectivity index (χ4n) is 2.56. The Morgan fingerprint density at radius 3 is 2.56 bits per heavy atom. The van der Waals surface area contributed by atoms with Crippen LogP contribution in [0.3, 0.4) is 0 Å². The predicted molar refractivity (Wildman–Crippen MR) is 103 cm³/mol. The van der Waals surface area contributed by atoms with E-state index in [1.165, 1.54) is 4.31 Å². The lowest BCUT2D eigenvalue weighted by molar-refractivity contribution is 0.0730. The summed E-state index contributed by atoms with van der Waals surface area (Å²) in [5, 5.41) is 2.75. The fourth-order valence-corrected chi connectivity index (χ4v) is 4.71. The summed E-state index contributed by atoms with van der Waals surface area (Å²) in [6.45, 7) is 0.983. The monoisotopic (exact) mass is 476 g/mol. The van der Waals surface area contributed by atoms with Crippen LogP contribution in [-0.4, -0.2) is 44.9 Å². The molecule has 144 valence electrons. The number of amides is 1. The Bertz CT molecular complexity index is 981. The maximum atomic E-state index is 14.2. The second-order valence-electron chi connectivity index (χ2n) is 5.74. The van der Waals surface area contributed by atoms with E-state index < -0.39 is 21.7 Å². The van der Waals surface area contributed by atoms with E-state index in [0.717, 1.165) is 22.7 Å². The molecule has 27 heavy (non-hydrogen) atoms. The van der Waals surface area contributed by atoms with Crippen LogP contribution in [0.1, 0.15) is 10.4 Å². The third kappa shape index (κ3) is 4.49. The summed E-state index contributed by atoms with van der Waals surface area (Å²) in [5.41, 5.74) is -0.103. The summed E-state index contributed by atoms with van der Waals surface area (Å²) in [5.74, 6) is -1.63. The van der Waals surface area contributed by atoms with Crippen LogP contribution in [0.2, 0.25) is 5.02 Å². The maximum absolute atomic E-state index is 14.2. The van der Waals surface area contributed by atoms with Gasteiger partial charge in [-0.25, -0.2) is 12.8 Å². The number of sulfonamides is 1. The molecular weight excluding hydrogens is 463 g/mol. The number of anilines is 1. The Labute approximate surface area is 169 Å². The van der Waals surface area contributed by atoms with Gasteiger partial charge in [-0.15, -0.1) is 0 Å². The molecule has 1 aliphatic rings. The topological polar surface area (TPSA) is 75.7 Å². The van der Waals surface area contributed by atoms with E-state index in [1.54, 1.807) is 18.2 Å². The summed E-state index contributed by atoms with van der Waals surface area (Å²) in [6.07, 6.45) is 0. The van der Waals surface area contributed by atoms with E-state index in [4.69, 9.17) is 16.3 Å². The molecule has 1 saturated heterocycles. The zero-order valence-electron chi connectivity index (χ0n) is 13.9. The molecule has 0 unspecified atom stereocenters. The van der Waals surface area contributed by atoms with Crippen LogP contribution < -0.4 is 5.32 Å². The number of nitrogens with one attached hydrogen (secondary N) is 1. The Kier molecular flexibility index (Phi) is 6.17. The van der Waals surface area contributed by atoms with Gasteiger partial charge in [-0.3, -0.25) is 4.79 Å². The third-order valence-corrected chi connectivity index (χ3v) is 6.67. The number of ether oxygens (including phenoxy) is 1. The fraction of sp³-hybridized carbons (Fsp3) is 0.235. The number of rotatable bonds is 4. The van der Waals surface area contributed by atoms with Crippen LogP contribution in [0.4, 0.5) is 10.1 Å². The van der Waals surface area contributed by atoms with E-state index >= 15 is 0 Å². The highest BCUT2D eigenvalue weighted by molar-refractivity contribution is 9.10. The zero-order valence-corrected chi connectivity index (χ0v) is 17.1. The molecule has 0 aliphatic carbocycles. The van der Waals surface area contributed by atoms with Crippen LogP contribution in [0.5, 0.6) is 0 Å². The molecule has 0 radical (unpaired) electrons. The zero-order chi connectivity index (χ0) is 19.6. The molecule has 0 bridgehead atoms. The number of halogens is 3. The smallest absolute Gasteiger partial charge is 0.258 e. The average Bonchev–Trinajstić information content (AvgIpc) is 2.65. The number of carbonyl (C=O) groups excluding carboxylic acids is 1. The standard InChI is InChI=1S/C17H15BrClFN2O4S/c18-11-1-4-16(14(19)9-11)21-17(23)13-10-12(2-3-15(13)20)27(24,25)22-5-7-26-8-6-22/h1-4,9-10H,5-8H2,(H,21,23). The van der Waals surface area contributed by atoms with Crippen molar-refractivity contribution in [1.82, 2.24) is 4.31 Å². The minimum absolute atomic E-state index is 0.155. The molecule has 1 amide bonds. The average molecular weight is 478 g/mol. The number of hydrogen-bond acceptors (Lipinski definition) is 4. The molecule has 0 atom stereocenters. The number of hydrogen-bond donors (Lipinski definition) is 1. The number of benzene rings is 2. The lowest BCUT2D eigenvalue weighted by atomic mass is 10.2. The van der Waals surface area contributed by atoms with Gasteiger partial charge < -0.3 is 10.1 Å². The highest BCUT2D eigenvalue weighted by Gasteiger charge is 2.28. The van der Waals surface area contributed by atoms with Gasteiger partial charge in [0.15, 0.2) is 0 Å². The number of carbonyl (C=O) groups is 1. The molecule has 2 aromatic carbocycles. The highest BCUT2D eigenvalue weighted by Crippen LogP contribution is 2.27. The molecule has 1 heterocycles. The van der Waals surface area contributed by atoms with Crippen molar-refractivity contribution >= 4 is 49.1 Å². The van der Waals surface area contributed by atoms with Crippen molar-refractivity contribution in [3.63, 3.8) is 0 Å². The van der Waals surface area contributed by atoms with Gasteiger partial charge in [-0.05, 0) is 36.4 Å². The normalized spacial score (nSPS) is 15.5.